The normalized spacial score (nSPS) is 11.4. The maximum Gasteiger partial charge on any atom is 0.119 e. The molecule has 3 rings (SSSR count). The highest BCUT2D eigenvalue weighted by Gasteiger charge is 2.13. The zero-order chi connectivity index (χ0) is 17.9. The minimum absolute atomic E-state index is 0.188. The third kappa shape index (κ3) is 4.11. The Kier molecular flexibility index (Phi) is 4.94. The smallest absolute Gasteiger partial charge is 0.119 e. The molecule has 3 aromatic rings. The van der Waals surface area contributed by atoms with Crippen molar-refractivity contribution in [3.05, 3.63) is 78.4 Å². The van der Waals surface area contributed by atoms with E-state index in [-0.39, 0.29) is 5.41 Å². The number of rotatable bonds is 4. The Morgan fingerprint density at radius 1 is 0.680 bits per heavy atom. The Balaban J connectivity index is 1.84. The highest BCUT2D eigenvalue weighted by Crippen LogP contribution is 2.29. The van der Waals surface area contributed by atoms with E-state index >= 15 is 0 Å². The fraction of sp³-hybridized carbons (Fsp3) is 0.250. The largest absolute Gasteiger partial charge is 0.494 e. The van der Waals surface area contributed by atoms with Gasteiger partial charge in [-0.25, -0.2) is 0 Å². The van der Waals surface area contributed by atoms with Crippen molar-refractivity contribution in [1.29, 1.82) is 0 Å². The maximum absolute atomic E-state index is 5.60. The van der Waals surface area contributed by atoms with Crippen LogP contribution in [-0.2, 0) is 5.41 Å². The van der Waals surface area contributed by atoms with Gasteiger partial charge in [0.1, 0.15) is 5.75 Å². The van der Waals surface area contributed by atoms with Crippen LogP contribution in [-0.4, -0.2) is 6.61 Å². The van der Waals surface area contributed by atoms with Gasteiger partial charge in [-0.15, -0.1) is 0 Å². The Bertz CT molecular complexity index is 821. The highest BCUT2D eigenvalue weighted by molar-refractivity contribution is 5.71. The molecule has 0 spiro atoms. The van der Waals surface area contributed by atoms with E-state index in [2.05, 4.69) is 81.4 Å². The summed E-state index contributed by atoms with van der Waals surface area (Å²) in [6, 6.07) is 25.9. The van der Waals surface area contributed by atoms with Gasteiger partial charge in [-0.3, -0.25) is 0 Å². The molecule has 0 heterocycles. The summed E-state index contributed by atoms with van der Waals surface area (Å²) >= 11 is 0. The van der Waals surface area contributed by atoms with Crippen LogP contribution in [0, 0.1) is 0 Å². The van der Waals surface area contributed by atoms with Gasteiger partial charge in [0, 0.05) is 0 Å². The van der Waals surface area contributed by atoms with Gasteiger partial charge in [-0.2, -0.15) is 0 Å². The van der Waals surface area contributed by atoms with Crippen LogP contribution in [0.25, 0.3) is 22.3 Å². The maximum atomic E-state index is 5.60. The van der Waals surface area contributed by atoms with Crippen molar-refractivity contribution in [3.63, 3.8) is 0 Å². The van der Waals surface area contributed by atoms with E-state index < -0.39 is 0 Å². The molecule has 0 aromatic heterocycles. The molecule has 3 aromatic carbocycles. The zero-order valence-corrected chi connectivity index (χ0v) is 15.5. The molecule has 0 fully saturated rings. The van der Waals surface area contributed by atoms with Crippen LogP contribution in [0.3, 0.4) is 0 Å². The second kappa shape index (κ2) is 7.14. The van der Waals surface area contributed by atoms with Crippen molar-refractivity contribution >= 4 is 0 Å². The quantitative estimate of drug-likeness (QED) is 0.516. The number of benzene rings is 3. The first-order valence-electron chi connectivity index (χ1n) is 8.91. The summed E-state index contributed by atoms with van der Waals surface area (Å²) in [4.78, 5) is 0. The monoisotopic (exact) mass is 330 g/mol. The van der Waals surface area contributed by atoms with Gasteiger partial charge in [0.25, 0.3) is 0 Å². The van der Waals surface area contributed by atoms with Gasteiger partial charge in [-0.05, 0) is 52.3 Å². The summed E-state index contributed by atoms with van der Waals surface area (Å²) in [6.45, 7) is 9.42. The third-order valence-electron chi connectivity index (χ3n) is 4.45. The highest BCUT2D eigenvalue weighted by atomic mass is 16.5. The van der Waals surface area contributed by atoms with Crippen molar-refractivity contribution < 1.29 is 4.74 Å². The van der Waals surface area contributed by atoms with Crippen LogP contribution in [0.2, 0.25) is 0 Å². The van der Waals surface area contributed by atoms with E-state index in [1.54, 1.807) is 0 Å². The van der Waals surface area contributed by atoms with Crippen LogP contribution >= 0.6 is 0 Å². The molecule has 0 amide bonds. The van der Waals surface area contributed by atoms with Gasteiger partial charge >= 0.3 is 0 Å². The van der Waals surface area contributed by atoms with Crippen LogP contribution in [0.4, 0.5) is 0 Å². The van der Waals surface area contributed by atoms with Gasteiger partial charge in [0.2, 0.25) is 0 Å². The van der Waals surface area contributed by atoms with Crippen molar-refractivity contribution in [2.24, 2.45) is 0 Å². The Labute approximate surface area is 151 Å². The molecule has 1 nitrogen and oxygen atoms in total. The molecule has 0 N–H and O–H groups in total. The fourth-order valence-corrected chi connectivity index (χ4v) is 2.95. The van der Waals surface area contributed by atoms with E-state index in [9.17, 15) is 0 Å². The Morgan fingerprint density at radius 3 is 1.72 bits per heavy atom. The topological polar surface area (TPSA) is 9.23 Å². The first kappa shape index (κ1) is 17.3. The fourth-order valence-electron chi connectivity index (χ4n) is 2.95. The summed E-state index contributed by atoms with van der Waals surface area (Å²) < 4.78 is 5.60. The molecule has 0 aliphatic heterocycles. The summed E-state index contributed by atoms with van der Waals surface area (Å²) in [5, 5.41) is 0. The molecule has 0 saturated carbocycles. The van der Waals surface area contributed by atoms with Gasteiger partial charge in [0.05, 0.1) is 6.61 Å². The Morgan fingerprint density at radius 2 is 1.20 bits per heavy atom. The molecular weight excluding hydrogens is 304 g/mol. The molecule has 0 unspecified atom stereocenters. The molecule has 0 bridgehead atoms. The van der Waals surface area contributed by atoms with Crippen molar-refractivity contribution in [2.45, 2.75) is 33.1 Å². The SMILES string of the molecule is CCOc1cccc(-c2ccc(-c3ccc(C(C)(C)C)cc3)cc2)c1. The summed E-state index contributed by atoms with van der Waals surface area (Å²) in [7, 11) is 0. The number of hydrogen-bond donors (Lipinski definition) is 0. The second-order valence-electron chi connectivity index (χ2n) is 7.37. The van der Waals surface area contributed by atoms with E-state index in [1.165, 1.54) is 27.8 Å². The van der Waals surface area contributed by atoms with Crippen molar-refractivity contribution in [3.8, 4) is 28.0 Å². The first-order valence-corrected chi connectivity index (χ1v) is 8.91. The van der Waals surface area contributed by atoms with Crippen LogP contribution in [0.5, 0.6) is 5.75 Å². The lowest BCUT2D eigenvalue weighted by Gasteiger charge is -2.19. The van der Waals surface area contributed by atoms with Crippen molar-refractivity contribution in [1.82, 2.24) is 0 Å². The molecule has 1 heteroatoms. The van der Waals surface area contributed by atoms with Crippen molar-refractivity contribution in [2.75, 3.05) is 6.61 Å². The van der Waals surface area contributed by atoms with Gasteiger partial charge in [-0.1, -0.05) is 81.4 Å². The molecule has 0 radical (unpaired) electrons. The summed E-state index contributed by atoms with van der Waals surface area (Å²) in [5.41, 5.74) is 6.43. The molecule has 0 atom stereocenters. The van der Waals surface area contributed by atoms with Crippen LogP contribution < -0.4 is 4.74 Å². The average molecular weight is 330 g/mol. The predicted molar refractivity (Wildman–Crippen MR) is 107 cm³/mol. The molecule has 0 aliphatic carbocycles. The minimum atomic E-state index is 0.188. The van der Waals surface area contributed by atoms with E-state index in [4.69, 9.17) is 4.74 Å². The molecule has 25 heavy (non-hydrogen) atoms. The van der Waals surface area contributed by atoms with Crippen LogP contribution in [0.15, 0.2) is 72.8 Å². The molecule has 0 saturated heterocycles. The predicted octanol–water partition coefficient (Wildman–Crippen LogP) is 6.72. The standard InChI is InChI=1S/C24H26O/c1-5-25-23-8-6-7-21(17-23)20-11-9-18(10-12-20)19-13-15-22(16-14-19)24(2,3)4/h6-17H,5H2,1-4H3. The van der Waals surface area contributed by atoms with Crippen LogP contribution in [0.1, 0.15) is 33.3 Å². The first-order chi connectivity index (χ1) is 12.0. The van der Waals surface area contributed by atoms with E-state index in [0.717, 1.165) is 5.75 Å². The lowest BCUT2D eigenvalue weighted by atomic mass is 9.86. The number of hydrogen-bond acceptors (Lipinski definition) is 1. The lowest BCUT2D eigenvalue weighted by Crippen LogP contribution is -2.10. The van der Waals surface area contributed by atoms with E-state index in [1.807, 2.05) is 19.1 Å². The lowest BCUT2D eigenvalue weighted by molar-refractivity contribution is 0.340. The van der Waals surface area contributed by atoms with E-state index in [0.29, 0.717) is 6.61 Å². The van der Waals surface area contributed by atoms with Gasteiger partial charge < -0.3 is 4.74 Å². The molecular formula is C24H26O. The Hall–Kier alpha value is -2.54. The molecule has 0 aliphatic rings. The molecule has 128 valence electrons. The minimum Gasteiger partial charge on any atom is -0.494 e. The summed E-state index contributed by atoms with van der Waals surface area (Å²) in [5.74, 6) is 0.918. The second-order valence-corrected chi connectivity index (χ2v) is 7.37. The summed E-state index contributed by atoms with van der Waals surface area (Å²) in [6.07, 6.45) is 0. The average Bonchev–Trinajstić information content (AvgIpc) is 2.62. The van der Waals surface area contributed by atoms with Gasteiger partial charge in [0.15, 0.2) is 0 Å². The third-order valence-corrected chi connectivity index (χ3v) is 4.45. The number of ether oxygens (including phenoxy) is 1. The zero-order valence-electron chi connectivity index (χ0n) is 15.5.